The molecule has 0 radical (unpaired) electrons. The van der Waals surface area contributed by atoms with Crippen LogP contribution in [0.25, 0.3) is 10.9 Å². The zero-order valence-electron chi connectivity index (χ0n) is 12.8. The third-order valence-corrected chi connectivity index (χ3v) is 4.40. The molecule has 0 saturated carbocycles. The highest BCUT2D eigenvalue weighted by atomic mass is 15.0. The summed E-state index contributed by atoms with van der Waals surface area (Å²) >= 11 is 0. The summed E-state index contributed by atoms with van der Waals surface area (Å²) in [5.74, 6) is 0. The third kappa shape index (κ3) is 2.36. The van der Waals surface area contributed by atoms with Gasteiger partial charge in [0.05, 0.1) is 0 Å². The maximum atomic E-state index is 3.45. The summed E-state index contributed by atoms with van der Waals surface area (Å²) in [5, 5.41) is 8.25. The van der Waals surface area contributed by atoms with E-state index in [-0.39, 0.29) is 0 Å². The predicted molar refractivity (Wildman–Crippen MR) is 85.0 cm³/mol. The van der Waals surface area contributed by atoms with Gasteiger partial charge in [0.1, 0.15) is 0 Å². The molecule has 3 heteroatoms. The van der Waals surface area contributed by atoms with Crippen molar-refractivity contribution in [1.29, 1.82) is 0 Å². The second kappa shape index (κ2) is 5.58. The van der Waals surface area contributed by atoms with Crippen molar-refractivity contribution in [3.8, 4) is 0 Å². The zero-order chi connectivity index (χ0) is 14.1. The number of likely N-dealkylation sites (N-methyl/N-ethyl adjacent to an activating group) is 1. The molecule has 1 aliphatic heterocycles. The largest absolute Gasteiger partial charge is 0.347 e. The van der Waals surface area contributed by atoms with Gasteiger partial charge in [0.25, 0.3) is 0 Å². The molecule has 2 N–H and O–H groups in total. The van der Waals surface area contributed by atoms with Gasteiger partial charge in [0.2, 0.25) is 0 Å². The molecule has 1 unspecified atom stereocenters. The van der Waals surface area contributed by atoms with E-state index in [0.717, 1.165) is 26.1 Å². The van der Waals surface area contributed by atoms with Crippen molar-refractivity contribution in [2.75, 3.05) is 7.05 Å². The highest BCUT2D eigenvalue weighted by Crippen LogP contribution is 2.28. The molecule has 20 heavy (non-hydrogen) atoms. The summed E-state index contributed by atoms with van der Waals surface area (Å²) in [6, 6.07) is 5.32. The fourth-order valence-electron chi connectivity index (χ4n) is 3.18. The molecule has 1 aromatic heterocycles. The first kappa shape index (κ1) is 13.7. The number of aromatic nitrogens is 1. The minimum absolute atomic E-state index is 0.516. The van der Waals surface area contributed by atoms with E-state index in [0.29, 0.717) is 6.04 Å². The van der Waals surface area contributed by atoms with Gasteiger partial charge in [-0.1, -0.05) is 6.92 Å². The Morgan fingerprint density at radius 2 is 2.05 bits per heavy atom. The Labute approximate surface area is 121 Å². The Morgan fingerprint density at radius 3 is 2.75 bits per heavy atom. The molecule has 0 spiro atoms. The van der Waals surface area contributed by atoms with Gasteiger partial charge in [-0.3, -0.25) is 0 Å². The Balaban J connectivity index is 2.09. The molecule has 2 aromatic rings. The van der Waals surface area contributed by atoms with E-state index in [1.54, 1.807) is 0 Å². The lowest BCUT2D eigenvalue weighted by molar-refractivity contribution is 0.607. The van der Waals surface area contributed by atoms with Gasteiger partial charge >= 0.3 is 0 Å². The first-order valence-corrected chi connectivity index (χ1v) is 7.74. The standard InChI is InChI=1S/C17H25N3/c1-4-5-20-11-15(6-12(2)18-3)16-7-13-9-19-10-14(13)8-17(16)20/h7-8,11-12,18-19H,4-6,9-10H2,1-3H3. The third-order valence-electron chi connectivity index (χ3n) is 4.40. The number of aryl methyl sites for hydroxylation is 1. The van der Waals surface area contributed by atoms with Crippen molar-refractivity contribution in [2.45, 2.75) is 52.4 Å². The molecule has 3 nitrogen and oxygen atoms in total. The molecule has 2 heterocycles. The van der Waals surface area contributed by atoms with Gasteiger partial charge in [0, 0.05) is 42.8 Å². The monoisotopic (exact) mass is 271 g/mol. The van der Waals surface area contributed by atoms with Crippen LogP contribution in [0.2, 0.25) is 0 Å². The van der Waals surface area contributed by atoms with Crippen LogP contribution in [0, 0.1) is 0 Å². The molecular weight excluding hydrogens is 246 g/mol. The van der Waals surface area contributed by atoms with Crippen LogP contribution < -0.4 is 10.6 Å². The minimum Gasteiger partial charge on any atom is -0.347 e. The first-order valence-electron chi connectivity index (χ1n) is 7.74. The van der Waals surface area contributed by atoms with Crippen molar-refractivity contribution in [2.24, 2.45) is 0 Å². The van der Waals surface area contributed by atoms with Crippen molar-refractivity contribution in [1.82, 2.24) is 15.2 Å². The lowest BCUT2D eigenvalue weighted by atomic mass is 10.0. The Hall–Kier alpha value is -1.32. The molecule has 1 aliphatic rings. The summed E-state index contributed by atoms with van der Waals surface area (Å²) < 4.78 is 2.44. The molecule has 108 valence electrons. The molecule has 0 bridgehead atoms. The maximum absolute atomic E-state index is 3.45. The Morgan fingerprint density at radius 1 is 1.30 bits per heavy atom. The average Bonchev–Trinajstić information content (AvgIpc) is 3.02. The van der Waals surface area contributed by atoms with Crippen molar-refractivity contribution < 1.29 is 0 Å². The molecule has 0 fully saturated rings. The van der Waals surface area contributed by atoms with Crippen molar-refractivity contribution >= 4 is 10.9 Å². The summed E-state index contributed by atoms with van der Waals surface area (Å²) in [5.41, 5.74) is 5.84. The number of hydrogen-bond donors (Lipinski definition) is 2. The quantitative estimate of drug-likeness (QED) is 0.875. The van der Waals surface area contributed by atoms with E-state index in [1.165, 1.54) is 34.0 Å². The van der Waals surface area contributed by atoms with Crippen LogP contribution in [0.3, 0.4) is 0 Å². The van der Waals surface area contributed by atoms with Crippen LogP contribution in [0.5, 0.6) is 0 Å². The molecular formula is C17H25N3. The van der Waals surface area contributed by atoms with Crippen LogP contribution >= 0.6 is 0 Å². The lowest BCUT2D eigenvalue weighted by Crippen LogP contribution is -2.23. The SMILES string of the molecule is CCCn1cc(CC(C)NC)c2cc3c(cc21)CNC3. The maximum Gasteiger partial charge on any atom is 0.0486 e. The summed E-state index contributed by atoms with van der Waals surface area (Å²) in [4.78, 5) is 0. The lowest BCUT2D eigenvalue weighted by Gasteiger charge is -2.09. The fourth-order valence-corrected chi connectivity index (χ4v) is 3.18. The number of rotatable bonds is 5. The topological polar surface area (TPSA) is 29.0 Å². The average molecular weight is 271 g/mol. The molecule has 3 rings (SSSR count). The van der Waals surface area contributed by atoms with Gasteiger partial charge in [-0.2, -0.15) is 0 Å². The van der Waals surface area contributed by atoms with E-state index in [2.05, 4.69) is 47.4 Å². The second-order valence-electron chi connectivity index (χ2n) is 5.98. The zero-order valence-corrected chi connectivity index (χ0v) is 12.8. The highest BCUT2D eigenvalue weighted by molar-refractivity contribution is 5.86. The summed E-state index contributed by atoms with van der Waals surface area (Å²) in [7, 11) is 2.04. The first-order chi connectivity index (χ1) is 9.72. The van der Waals surface area contributed by atoms with Gasteiger partial charge in [-0.05, 0) is 55.6 Å². The second-order valence-corrected chi connectivity index (χ2v) is 5.98. The number of hydrogen-bond acceptors (Lipinski definition) is 2. The van der Waals surface area contributed by atoms with Gasteiger partial charge in [-0.15, -0.1) is 0 Å². The Kier molecular flexibility index (Phi) is 3.81. The fraction of sp³-hybridized carbons (Fsp3) is 0.529. The van der Waals surface area contributed by atoms with E-state index in [9.17, 15) is 0 Å². The van der Waals surface area contributed by atoms with Crippen molar-refractivity contribution in [3.05, 3.63) is 35.0 Å². The van der Waals surface area contributed by atoms with Crippen LogP contribution in [0.15, 0.2) is 18.3 Å². The van der Waals surface area contributed by atoms with Crippen LogP contribution in [-0.2, 0) is 26.1 Å². The molecule has 0 saturated heterocycles. The highest BCUT2D eigenvalue weighted by Gasteiger charge is 2.16. The van der Waals surface area contributed by atoms with Crippen LogP contribution in [-0.4, -0.2) is 17.7 Å². The van der Waals surface area contributed by atoms with Gasteiger partial charge in [-0.25, -0.2) is 0 Å². The molecule has 0 aliphatic carbocycles. The van der Waals surface area contributed by atoms with Crippen LogP contribution in [0.1, 0.15) is 37.0 Å². The van der Waals surface area contributed by atoms with E-state index >= 15 is 0 Å². The summed E-state index contributed by atoms with van der Waals surface area (Å²) in [6.07, 6.45) is 4.64. The number of benzene rings is 1. The number of fused-ring (bicyclic) bond motifs is 2. The smallest absolute Gasteiger partial charge is 0.0486 e. The minimum atomic E-state index is 0.516. The van der Waals surface area contributed by atoms with Gasteiger partial charge in [0.15, 0.2) is 0 Å². The van der Waals surface area contributed by atoms with Crippen molar-refractivity contribution in [3.63, 3.8) is 0 Å². The Bertz CT molecular complexity index is 612. The van der Waals surface area contributed by atoms with E-state index in [4.69, 9.17) is 0 Å². The van der Waals surface area contributed by atoms with Crippen LogP contribution in [0.4, 0.5) is 0 Å². The normalized spacial score (nSPS) is 15.8. The van der Waals surface area contributed by atoms with Gasteiger partial charge < -0.3 is 15.2 Å². The predicted octanol–water partition coefficient (Wildman–Crippen LogP) is 2.80. The van der Waals surface area contributed by atoms with E-state index < -0.39 is 0 Å². The molecule has 1 aromatic carbocycles. The number of nitrogens with one attached hydrogen (secondary N) is 2. The molecule has 0 amide bonds. The molecule has 1 atom stereocenters. The summed E-state index contributed by atoms with van der Waals surface area (Å²) in [6.45, 7) is 7.64. The number of nitrogens with zero attached hydrogens (tertiary/aromatic N) is 1. The van der Waals surface area contributed by atoms with E-state index in [1.807, 2.05) is 7.05 Å².